The van der Waals surface area contributed by atoms with Crippen LogP contribution >= 0.6 is 0 Å². The number of benzene rings is 1. The molecule has 0 saturated heterocycles. The standard InChI is InChI=1S/C22H26N4O3/c1-12-19(25-22-16(11-27)4-3-9-24-22)17-10-15(21(23)29)7-8-18(17)26(13(2)28)20(12)14-5-6-14/h3-4,7-10,12,14,19-20,27H,5-6,11H2,1-2H3,(H2,23,29)(H,24,25)/t12-,19-,20-/m1/s1. The van der Waals surface area contributed by atoms with Crippen LogP contribution in [0.5, 0.6) is 0 Å². The van der Waals surface area contributed by atoms with E-state index in [9.17, 15) is 14.7 Å². The number of carbonyl (C=O) groups is 2. The van der Waals surface area contributed by atoms with Crippen molar-refractivity contribution in [2.75, 3.05) is 10.2 Å². The molecule has 2 heterocycles. The van der Waals surface area contributed by atoms with Gasteiger partial charge in [0.2, 0.25) is 11.8 Å². The van der Waals surface area contributed by atoms with Crippen LogP contribution in [0.25, 0.3) is 0 Å². The van der Waals surface area contributed by atoms with Crippen LogP contribution in [-0.2, 0) is 11.4 Å². The minimum Gasteiger partial charge on any atom is -0.392 e. The van der Waals surface area contributed by atoms with Gasteiger partial charge in [0, 0.05) is 41.9 Å². The Morgan fingerprint density at radius 3 is 2.69 bits per heavy atom. The molecule has 0 radical (unpaired) electrons. The highest BCUT2D eigenvalue weighted by molar-refractivity contribution is 5.97. The molecule has 152 valence electrons. The average molecular weight is 394 g/mol. The summed E-state index contributed by atoms with van der Waals surface area (Å²) in [4.78, 5) is 30.7. The van der Waals surface area contributed by atoms with E-state index in [0.717, 1.165) is 24.1 Å². The van der Waals surface area contributed by atoms with Gasteiger partial charge in [0.05, 0.1) is 12.6 Å². The summed E-state index contributed by atoms with van der Waals surface area (Å²) < 4.78 is 0. The Morgan fingerprint density at radius 1 is 1.31 bits per heavy atom. The molecule has 0 spiro atoms. The third-order valence-electron chi connectivity index (χ3n) is 6.07. The van der Waals surface area contributed by atoms with E-state index < -0.39 is 5.91 Å². The third kappa shape index (κ3) is 3.46. The number of fused-ring (bicyclic) bond motifs is 1. The van der Waals surface area contributed by atoms with Crippen molar-refractivity contribution in [2.24, 2.45) is 17.6 Å². The molecule has 2 aliphatic rings. The molecular formula is C22H26N4O3. The molecule has 7 heteroatoms. The monoisotopic (exact) mass is 394 g/mol. The van der Waals surface area contributed by atoms with Crippen molar-refractivity contribution in [3.05, 3.63) is 53.2 Å². The zero-order chi connectivity index (χ0) is 20.7. The minimum absolute atomic E-state index is 0.00541. The number of aliphatic hydroxyl groups is 1. The van der Waals surface area contributed by atoms with Gasteiger partial charge in [-0.3, -0.25) is 9.59 Å². The lowest BCUT2D eigenvalue weighted by molar-refractivity contribution is -0.117. The van der Waals surface area contributed by atoms with Crippen molar-refractivity contribution < 1.29 is 14.7 Å². The van der Waals surface area contributed by atoms with Crippen LogP contribution in [0.15, 0.2) is 36.5 Å². The van der Waals surface area contributed by atoms with Gasteiger partial charge in [-0.1, -0.05) is 13.0 Å². The van der Waals surface area contributed by atoms with Gasteiger partial charge in [0.1, 0.15) is 5.82 Å². The summed E-state index contributed by atoms with van der Waals surface area (Å²) in [5.74, 6) is 0.632. The van der Waals surface area contributed by atoms with Crippen molar-refractivity contribution >= 4 is 23.3 Å². The largest absolute Gasteiger partial charge is 0.392 e. The highest BCUT2D eigenvalue weighted by Gasteiger charge is 2.47. The molecule has 1 saturated carbocycles. The SMILES string of the molecule is CC(=O)N1c2ccc(C(N)=O)cc2[C@H](Nc2ncccc2CO)[C@@H](C)[C@@H]1C1CC1. The molecule has 2 amide bonds. The Labute approximate surface area is 169 Å². The van der Waals surface area contributed by atoms with Crippen LogP contribution in [-0.4, -0.2) is 27.9 Å². The molecule has 2 aromatic rings. The molecule has 4 rings (SSSR count). The Hall–Kier alpha value is -2.93. The summed E-state index contributed by atoms with van der Waals surface area (Å²) in [6.45, 7) is 3.58. The predicted molar refractivity (Wildman–Crippen MR) is 110 cm³/mol. The first-order chi connectivity index (χ1) is 13.9. The van der Waals surface area contributed by atoms with E-state index in [1.165, 1.54) is 0 Å². The molecule has 7 nitrogen and oxygen atoms in total. The van der Waals surface area contributed by atoms with Gasteiger partial charge in [-0.2, -0.15) is 0 Å². The van der Waals surface area contributed by atoms with Crippen LogP contribution in [0.4, 0.5) is 11.5 Å². The molecule has 29 heavy (non-hydrogen) atoms. The van der Waals surface area contributed by atoms with Crippen molar-refractivity contribution in [1.82, 2.24) is 4.98 Å². The molecule has 0 bridgehead atoms. The molecule has 1 aliphatic carbocycles. The number of hydrogen-bond donors (Lipinski definition) is 3. The first-order valence-electron chi connectivity index (χ1n) is 9.97. The maximum Gasteiger partial charge on any atom is 0.248 e. The zero-order valence-electron chi connectivity index (χ0n) is 16.6. The lowest BCUT2D eigenvalue weighted by Gasteiger charge is -2.46. The normalized spacial score (nSPS) is 23.4. The molecule has 1 aromatic heterocycles. The fourth-order valence-corrected chi connectivity index (χ4v) is 4.56. The number of nitrogens with zero attached hydrogens (tertiary/aromatic N) is 2. The summed E-state index contributed by atoms with van der Waals surface area (Å²) in [7, 11) is 0. The molecule has 1 aliphatic heterocycles. The molecular weight excluding hydrogens is 368 g/mol. The number of nitrogens with one attached hydrogen (secondary N) is 1. The smallest absolute Gasteiger partial charge is 0.248 e. The van der Waals surface area contributed by atoms with Crippen molar-refractivity contribution in [1.29, 1.82) is 0 Å². The number of anilines is 2. The first-order valence-corrected chi connectivity index (χ1v) is 9.97. The molecule has 4 N–H and O–H groups in total. The quantitative estimate of drug-likeness (QED) is 0.722. The number of aliphatic hydroxyl groups excluding tert-OH is 1. The van der Waals surface area contributed by atoms with Gasteiger partial charge in [-0.25, -0.2) is 4.98 Å². The summed E-state index contributed by atoms with van der Waals surface area (Å²) in [6.07, 6.45) is 3.88. The zero-order valence-corrected chi connectivity index (χ0v) is 16.6. The maximum atomic E-state index is 12.6. The maximum absolute atomic E-state index is 12.6. The number of aromatic nitrogens is 1. The number of amides is 2. The Bertz CT molecular complexity index is 957. The Morgan fingerprint density at radius 2 is 2.07 bits per heavy atom. The van der Waals surface area contributed by atoms with Crippen LogP contribution in [0.3, 0.4) is 0 Å². The van der Waals surface area contributed by atoms with E-state index in [-0.39, 0.29) is 30.5 Å². The van der Waals surface area contributed by atoms with Crippen molar-refractivity contribution in [3.8, 4) is 0 Å². The number of carbonyl (C=O) groups excluding carboxylic acids is 2. The molecule has 1 fully saturated rings. The van der Waals surface area contributed by atoms with E-state index in [2.05, 4.69) is 17.2 Å². The second-order valence-corrected chi connectivity index (χ2v) is 8.01. The predicted octanol–water partition coefficient (Wildman–Crippen LogP) is 2.61. The van der Waals surface area contributed by atoms with Crippen LogP contribution in [0.1, 0.15) is 54.2 Å². The fourth-order valence-electron chi connectivity index (χ4n) is 4.56. The van der Waals surface area contributed by atoms with Crippen molar-refractivity contribution in [2.45, 2.75) is 45.4 Å². The van der Waals surface area contributed by atoms with E-state index >= 15 is 0 Å². The summed E-state index contributed by atoms with van der Waals surface area (Å²) in [5.41, 5.74) is 8.27. The molecule has 3 atom stereocenters. The third-order valence-corrected chi connectivity index (χ3v) is 6.07. The molecule has 0 unspecified atom stereocenters. The summed E-state index contributed by atoms with van der Waals surface area (Å²) >= 11 is 0. The van der Waals surface area contributed by atoms with Crippen molar-refractivity contribution in [3.63, 3.8) is 0 Å². The minimum atomic E-state index is -0.508. The van der Waals surface area contributed by atoms with Gasteiger partial charge in [-0.15, -0.1) is 0 Å². The van der Waals surface area contributed by atoms with Crippen LogP contribution in [0, 0.1) is 11.8 Å². The number of rotatable bonds is 5. The van der Waals surface area contributed by atoms with Gasteiger partial charge in [-0.05, 0) is 48.6 Å². The lowest BCUT2D eigenvalue weighted by atomic mass is 9.79. The topological polar surface area (TPSA) is 109 Å². The summed E-state index contributed by atoms with van der Waals surface area (Å²) in [6, 6.07) is 8.76. The Balaban J connectivity index is 1.84. The number of hydrogen-bond acceptors (Lipinski definition) is 5. The number of nitrogens with two attached hydrogens (primary N) is 1. The number of pyridine rings is 1. The van der Waals surface area contributed by atoms with Gasteiger partial charge >= 0.3 is 0 Å². The Kier molecular flexibility index (Phi) is 5.00. The lowest BCUT2D eigenvalue weighted by Crippen LogP contribution is -2.51. The van der Waals surface area contributed by atoms with Gasteiger partial charge in [0.25, 0.3) is 0 Å². The highest BCUT2D eigenvalue weighted by Crippen LogP contribution is 2.50. The van der Waals surface area contributed by atoms with E-state index in [0.29, 0.717) is 22.9 Å². The van der Waals surface area contributed by atoms with Crippen LogP contribution in [0.2, 0.25) is 0 Å². The van der Waals surface area contributed by atoms with E-state index in [1.807, 2.05) is 17.0 Å². The van der Waals surface area contributed by atoms with E-state index in [4.69, 9.17) is 5.73 Å². The van der Waals surface area contributed by atoms with Gasteiger partial charge < -0.3 is 21.1 Å². The van der Waals surface area contributed by atoms with E-state index in [1.54, 1.807) is 31.3 Å². The first kappa shape index (κ1) is 19.4. The van der Waals surface area contributed by atoms with Gasteiger partial charge in [0.15, 0.2) is 0 Å². The summed E-state index contributed by atoms with van der Waals surface area (Å²) in [5, 5.41) is 13.2. The second kappa shape index (κ2) is 7.48. The van der Waals surface area contributed by atoms with Crippen LogP contribution < -0.4 is 16.0 Å². The molecule has 1 aromatic carbocycles. The fraction of sp³-hybridized carbons (Fsp3) is 0.409. The number of primary amides is 1. The average Bonchev–Trinajstić information content (AvgIpc) is 3.54. The highest BCUT2D eigenvalue weighted by atomic mass is 16.3. The second-order valence-electron chi connectivity index (χ2n) is 8.01.